The van der Waals surface area contributed by atoms with E-state index in [9.17, 15) is 9.59 Å². The molecule has 0 saturated carbocycles. The zero-order valence-electron chi connectivity index (χ0n) is 11.9. The molecule has 1 aliphatic rings. The van der Waals surface area contributed by atoms with Crippen LogP contribution in [-0.2, 0) is 14.3 Å². The molecule has 104 valence electrons. The average Bonchev–Trinajstić information content (AvgIpc) is 2.50. The van der Waals surface area contributed by atoms with Crippen LogP contribution in [0.2, 0.25) is 0 Å². The highest BCUT2D eigenvalue weighted by Crippen LogP contribution is 2.08. The van der Waals surface area contributed by atoms with E-state index in [1.165, 1.54) is 0 Å². The zero-order valence-corrected chi connectivity index (χ0v) is 11.9. The minimum Gasteiger partial charge on any atom is -0.366 e. The molecule has 5 heteroatoms. The first-order chi connectivity index (χ1) is 8.29. The molecule has 18 heavy (non-hydrogen) atoms. The summed E-state index contributed by atoms with van der Waals surface area (Å²) in [5.74, 6) is 0.0885. The Labute approximate surface area is 109 Å². The van der Waals surface area contributed by atoms with Crippen LogP contribution in [-0.4, -0.2) is 60.0 Å². The van der Waals surface area contributed by atoms with Crippen LogP contribution in [0.25, 0.3) is 0 Å². The largest absolute Gasteiger partial charge is 0.366 e. The number of amides is 2. The van der Waals surface area contributed by atoms with E-state index in [0.717, 1.165) is 13.0 Å². The van der Waals surface area contributed by atoms with Crippen LogP contribution in [0.1, 0.15) is 34.1 Å². The van der Waals surface area contributed by atoms with Crippen LogP contribution in [0.3, 0.4) is 0 Å². The van der Waals surface area contributed by atoms with Gasteiger partial charge in [-0.3, -0.25) is 9.59 Å². The molecule has 1 saturated heterocycles. The molecule has 0 aliphatic carbocycles. The fourth-order valence-electron chi connectivity index (χ4n) is 1.85. The molecule has 5 nitrogen and oxygen atoms in total. The molecule has 0 aromatic heterocycles. The van der Waals surface area contributed by atoms with Gasteiger partial charge in [0.2, 0.25) is 11.8 Å². The van der Waals surface area contributed by atoms with Gasteiger partial charge in [-0.05, 0) is 27.2 Å². The molecule has 2 amide bonds. The number of nitrogens with zero attached hydrogens (tertiary/aromatic N) is 2. The lowest BCUT2D eigenvalue weighted by Gasteiger charge is -2.24. The van der Waals surface area contributed by atoms with Crippen molar-refractivity contribution in [2.75, 3.05) is 32.8 Å². The lowest BCUT2D eigenvalue weighted by Crippen LogP contribution is -2.39. The maximum absolute atomic E-state index is 12.0. The molecule has 0 spiro atoms. The van der Waals surface area contributed by atoms with Gasteiger partial charge in [0.15, 0.2) is 0 Å². The second-order valence-corrected chi connectivity index (χ2v) is 5.64. The Morgan fingerprint density at radius 3 is 2.17 bits per heavy atom. The fourth-order valence-corrected chi connectivity index (χ4v) is 1.85. The van der Waals surface area contributed by atoms with E-state index in [-0.39, 0.29) is 24.0 Å². The molecule has 0 atom stereocenters. The first-order valence-electron chi connectivity index (χ1n) is 6.47. The molecule has 1 aliphatic heterocycles. The first-order valence-corrected chi connectivity index (χ1v) is 6.47. The molecule has 0 unspecified atom stereocenters. The van der Waals surface area contributed by atoms with Gasteiger partial charge in [-0.25, -0.2) is 0 Å². The van der Waals surface area contributed by atoms with E-state index in [1.54, 1.807) is 16.7 Å². The maximum atomic E-state index is 12.0. The predicted molar refractivity (Wildman–Crippen MR) is 69.2 cm³/mol. The number of hydrogen-bond donors (Lipinski definition) is 0. The van der Waals surface area contributed by atoms with Crippen molar-refractivity contribution in [1.29, 1.82) is 0 Å². The monoisotopic (exact) mass is 256 g/mol. The van der Waals surface area contributed by atoms with E-state index < -0.39 is 0 Å². The van der Waals surface area contributed by atoms with E-state index in [2.05, 4.69) is 0 Å². The van der Waals surface area contributed by atoms with Crippen LogP contribution in [0.4, 0.5) is 0 Å². The molecule has 0 aromatic carbocycles. The SMILES string of the molecule is CC(=O)N1CCCN(C(=O)COC(C)(C)C)CC1. The second kappa shape index (κ2) is 6.18. The Hall–Kier alpha value is -1.10. The summed E-state index contributed by atoms with van der Waals surface area (Å²) in [5, 5.41) is 0. The smallest absolute Gasteiger partial charge is 0.248 e. The molecular formula is C13H24N2O3. The van der Waals surface area contributed by atoms with Gasteiger partial charge in [-0.2, -0.15) is 0 Å². The van der Waals surface area contributed by atoms with Gasteiger partial charge in [0, 0.05) is 33.1 Å². The van der Waals surface area contributed by atoms with E-state index in [4.69, 9.17) is 4.74 Å². The summed E-state index contributed by atoms with van der Waals surface area (Å²) in [6, 6.07) is 0. The fraction of sp³-hybridized carbons (Fsp3) is 0.846. The quantitative estimate of drug-likeness (QED) is 0.737. The topological polar surface area (TPSA) is 49.9 Å². The van der Waals surface area contributed by atoms with Gasteiger partial charge < -0.3 is 14.5 Å². The molecular weight excluding hydrogens is 232 g/mol. The van der Waals surface area contributed by atoms with Crippen molar-refractivity contribution in [3.63, 3.8) is 0 Å². The van der Waals surface area contributed by atoms with Gasteiger partial charge in [0.05, 0.1) is 5.60 Å². The Morgan fingerprint density at radius 1 is 1.06 bits per heavy atom. The number of carbonyl (C=O) groups excluding carboxylic acids is 2. The lowest BCUT2D eigenvalue weighted by molar-refractivity contribution is -0.141. The van der Waals surface area contributed by atoms with Gasteiger partial charge in [0.1, 0.15) is 6.61 Å². The molecule has 0 radical (unpaired) electrons. The highest BCUT2D eigenvalue weighted by Gasteiger charge is 2.21. The van der Waals surface area contributed by atoms with E-state index in [1.807, 2.05) is 20.8 Å². The van der Waals surface area contributed by atoms with Crippen molar-refractivity contribution in [3.05, 3.63) is 0 Å². The summed E-state index contributed by atoms with van der Waals surface area (Å²) in [4.78, 5) is 26.8. The van der Waals surface area contributed by atoms with Crippen molar-refractivity contribution in [2.45, 2.75) is 39.7 Å². The van der Waals surface area contributed by atoms with Crippen LogP contribution in [0.15, 0.2) is 0 Å². The molecule has 1 fully saturated rings. The zero-order chi connectivity index (χ0) is 13.8. The minimum atomic E-state index is -0.299. The molecule has 1 rings (SSSR count). The van der Waals surface area contributed by atoms with Crippen molar-refractivity contribution in [1.82, 2.24) is 9.80 Å². The van der Waals surface area contributed by atoms with E-state index in [0.29, 0.717) is 19.6 Å². The summed E-state index contributed by atoms with van der Waals surface area (Å²) in [7, 11) is 0. The first kappa shape index (κ1) is 15.0. The van der Waals surface area contributed by atoms with Crippen LogP contribution in [0.5, 0.6) is 0 Å². The molecule has 0 N–H and O–H groups in total. The van der Waals surface area contributed by atoms with E-state index >= 15 is 0 Å². The van der Waals surface area contributed by atoms with Crippen LogP contribution in [0, 0.1) is 0 Å². The summed E-state index contributed by atoms with van der Waals surface area (Å²) in [6.45, 7) is 10.1. The normalized spacial score (nSPS) is 17.6. The van der Waals surface area contributed by atoms with Crippen LogP contribution < -0.4 is 0 Å². The second-order valence-electron chi connectivity index (χ2n) is 5.64. The van der Waals surface area contributed by atoms with Gasteiger partial charge in [-0.15, -0.1) is 0 Å². The average molecular weight is 256 g/mol. The summed E-state index contributed by atoms with van der Waals surface area (Å²) >= 11 is 0. The Kier molecular flexibility index (Phi) is 5.14. The lowest BCUT2D eigenvalue weighted by atomic mass is 10.2. The Balaban J connectivity index is 2.43. The van der Waals surface area contributed by atoms with Crippen molar-refractivity contribution >= 4 is 11.8 Å². The third-order valence-corrected chi connectivity index (χ3v) is 2.92. The number of ether oxygens (including phenoxy) is 1. The Morgan fingerprint density at radius 2 is 1.61 bits per heavy atom. The van der Waals surface area contributed by atoms with Crippen molar-refractivity contribution in [2.24, 2.45) is 0 Å². The van der Waals surface area contributed by atoms with Crippen molar-refractivity contribution in [3.8, 4) is 0 Å². The van der Waals surface area contributed by atoms with Crippen LogP contribution >= 0.6 is 0 Å². The third kappa shape index (κ3) is 5.04. The molecule has 0 aromatic rings. The van der Waals surface area contributed by atoms with Gasteiger partial charge in [-0.1, -0.05) is 0 Å². The molecule has 0 bridgehead atoms. The predicted octanol–water partition coefficient (Wildman–Crippen LogP) is 0.882. The highest BCUT2D eigenvalue weighted by atomic mass is 16.5. The number of rotatable bonds is 2. The molecule has 1 heterocycles. The maximum Gasteiger partial charge on any atom is 0.248 e. The highest BCUT2D eigenvalue weighted by molar-refractivity contribution is 5.78. The van der Waals surface area contributed by atoms with Gasteiger partial charge in [0.25, 0.3) is 0 Å². The Bertz CT molecular complexity index is 310. The summed E-state index contributed by atoms with van der Waals surface area (Å²) in [5.41, 5.74) is -0.299. The number of hydrogen-bond acceptors (Lipinski definition) is 3. The standard InChI is InChI=1S/C13H24N2O3/c1-11(16)14-6-5-7-15(9-8-14)12(17)10-18-13(2,3)4/h5-10H2,1-4H3. The summed E-state index contributed by atoms with van der Waals surface area (Å²) in [6.07, 6.45) is 0.834. The summed E-state index contributed by atoms with van der Waals surface area (Å²) < 4.78 is 5.49. The van der Waals surface area contributed by atoms with Gasteiger partial charge >= 0.3 is 0 Å². The minimum absolute atomic E-state index is 0.00956. The number of carbonyl (C=O) groups is 2. The van der Waals surface area contributed by atoms with Crippen molar-refractivity contribution < 1.29 is 14.3 Å². The third-order valence-electron chi connectivity index (χ3n) is 2.92.